The summed E-state index contributed by atoms with van der Waals surface area (Å²) in [6.45, 7) is 0. The van der Waals surface area contributed by atoms with E-state index in [0.717, 1.165) is 30.3 Å². The minimum absolute atomic E-state index is 0.183. The maximum absolute atomic E-state index is 13.6. The molecule has 0 bridgehead atoms. The van der Waals surface area contributed by atoms with Crippen LogP contribution in [0.25, 0.3) is 11.1 Å². The summed E-state index contributed by atoms with van der Waals surface area (Å²) in [5.74, 6) is -3.74. The van der Waals surface area contributed by atoms with Crippen molar-refractivity contribution in [3.05, 3.63) is 53.7 Å². The molecule has 0 aliphatic heterocycles. The lowest BCUT2D eigenvalue weighted by molar-refractivity contribution is -0.274. The van der Waals surface area contributed by atoms with Crippen LogP contribution in [0.5, 0.6) is 5.75 Å². The molecule has 31 heavy (non-hydrogen) atoms. The van der Waals surface area contributed by atoms with Gasteiger partial charge in [-0.3, -0.25) is 4.79 Å². The van der Waals surface area contributed by atoms with Crippen LogP contribution in [0.1, 0.15) is 16.1 Å². The third kappa shape index (κ3) is 5.02. The maximum atomic E-state index is 13.6. The Morgan fingerprint density at radius 1 is 1.06 bits per heavy atom. The van der Waals surface area contributed by atoms with E-state index in [0.29, 0.717) is 6.26 Å². The highest BCUT2D eigenvalue weighted by atomic mass is 19.4. The number of nitrogens with zero attached hydrogens (tertiary/aromatic N) is 2. The number of amides is 1. The van der Waals surface area contributed by atoms with Crippen molar-refractivity contribution in [3.63, 3.8) is 0 Å². The Hall–Kier alpha value is -3.84. The normalized spacial score (nSPS) is 12.0. The van der Waals surface area contributed by atoms with Crippen LogP contribution in [-0.2, 0) is 6.18 Å². The second-order valence-electron chi connectivity index (χ2n) is 5.85. The first-order valence-electron chi connectivity index (χ1n) is 8.00. The van der Waals surface area contributed by atoms with Gasteiger partial charge < -0.3 is 20.3 Å². The first-order valence-corrected chi connectivity index (χ1v) is 8.00. The van der Waals surface area contributed by atoms with Crippen molar-refractivity contribution in [1.82, 2.24) is 10.1 Å². The van der Waals surface area contributed by atoms with E-state index >= 15 is 0 Å². The molecule has 7 nitrogen and oxygen atoms in total. The van der Waals surface area contributed by atoms with Gasteiger partial charge in [0.1, 0.15) is 35.0 Å². The van der Waals surface area contributed by atoms with Crippen molar-refractivity contribution in [2.45, 2.75) is 12.5 Å². The van der Waals surface area contributed by atoms with Crippen molar-refractivity contribution in [2.24, 2.45) is 0 Å². The molecule has 2 aromatic heterocycles. The maximum Gasteiger partial charge on any atom is 0.573 e. The molecule has 3 rings (SSSR count). The standard InChI is InChI=1S/C17H9F7N4O3/c18-7-1-3-11(31-17(22,23)24)9(5-7)8-2-4-12(26-14(8)25)27-15(29)10-6-30-28-13(10)16(19,20)21/h1-6H,(H3,25,26,27,29). The molecule has 0 saturated heterocycles. The lowest BCUT2D eigenvalue weighted by Crippen LogP contribution is -2.19. The number of carbonyl (C=O) groups excluding carboxylic acids is 1. The Kier molecular flexibility index (Phi) is 5.48. The molecule has 2 heterocycles. The minimum atomic E-state index is -5.07. The number of benzene rings is 1. The van der Waals surface area contributed by atoms with Gasteiger partial charge in [0.25, 0.3) is 5.91 Å². The average molecular weight is 450 g/mol. The number of nitrogens with one attached hydrogen (secondary N) is 1. The summed E-state index contributed by atoms with van der Waals surface area (Å²) in [6, 6.07) is 4.30. The summed E-state index contributed by atoms with van der Waals surface area (Å²) in [7, 11) is 0. The van der Waals surface area contributed by atoms with Crippen LogP contribution in [0, 0.1) is 5.82 Å². The third-order valence-corrected chi connectivity index (χ3v) is 3.71. The average Bonchev–Trinajstić information content (AvgIpc) is 3.13. The number of anilines is 2. The summed E-state index contributed by atoms with van der Waals surface area (Å²) in [5, 5.41) is 4.75. The first kappa shape index (κ1) is 21.9. The Morgan fingerprint density at radius 2 is 1.77 bits per heavy atom. The second kappa shape index (κ2) is 7.77. The van der Waals surface area contributed by atoms with Crippen LogP contribution in [-0.4, -0.2) is 22.4 Å². The molecular formula is C17H9F7N4O3. The molecule has 164 valence electrons. The molecule has 0 atom stereocenters. The predicted octanol–water partition coefficient (Wildman–Crippen LogP) is 4.63. The van der Waals surface area contributed by atoms with Crippen molar-refractivity contribution < 1.29 is 44.8 Å². The highest BCUT2D eigenvalue weighted by Gasteiger charge is 2.39. The van der Waals surface area contributed by atoms with Crippen LogP contribution in [0.4, 0.5) is 42.4 Å². The van der Waals surface area contributed by atoms with Crippen LogP contribution >= 0.6 is 0 Å². The number of hydrogen-bond donors (Lipinski definition) is 2. The van der Waals surface area contributed by atoms with E-state index in [-0.39, 0.29) is 11.4 Å². The van der Waals surface area contributed by atoms with E-state index in [1.165, 1.54) is 0 Å². The molecule has 3 N–H and O–H groups in total. The zero-order valence-electron chi connectivity index (χ0n) is 14.8. The molecule has 3 aromatic rings. The summed E-state index contributed by atoms with van der Waals surface area (Å²) in [5.41, 5.74) is 2.63. The largest absolute Gasteiger partial charge is 0.573 e. The van der Waals surface area contributed by atoms with Crippen molar-refractivity contribution in [3.8, 4) is 16.9 Å². The Labute approximate surface area is 167 Å². The molecule has 0 radical (unpaired) electrons. The van der Waals surface area contributed by atoms with Crippen molar-refractivity contribution in [2.75, 3.05) is 11.1 Å². The van der Waals surface area contributed by atoms with Crippen LogP contribution in [0.2, 0.25) is 0 Å². The number of hydrogen-bond acceptors (Lipinski definition) is 6. The number of carbonyl (C=O) groups is 1. The Bertz CT molecular complexity index is 1130. The highest BCUT2D eigenvalue weighted by molar-refractivity contribution is 6.04. The fourth-order valence-electron chi connectivity index (χ4n) is 2.48. The third-order valence-electron chi connectivity index (χ3n) is 3.71. The topological polar surface area (TPSA) is 103 Å². The molecule has 0 aliphatic rings. The number of pyridine rings is 1. The van der Waals surface area contributed by atoms with Gasteiger partial charge in [-0.15, -0.1) is 13.2 Å². The van der Waals surface area contributed by atoms with Gasteiger partial charge in [-0.05, 0) is 30.3 Å². The SMILES string of the molecule is Nc1nc(NC(=O)c2conc2C(F)(F)F)ccc1-c1cc(F)ccc1OC(F)(F)F. The van der Waals surface area contributed by atoms with Crippen LogP contribution in [0.15, 0.2) is 41.1 Å². The number of rotatable bonds is 4. The fourth-order valence-corrected chi connectivity index (χ4v) is 2.48. The predicted molar refractivity (Wildman–Crippen MR) is 90.2 cm³/mol. The fraction of sp³-hybridized carbons (Fsp3) is 0.118. The number of nitrogens with two attached hydrogens (primary N) is 1. The van der Waals surface area contributed by atoms with Gasteiger partial charge in [-0.2, -0.15) is 13.2 Å². The van der Waals surface area contributed by atoms with Gasteiger partial charge in [0.05, 0.1) is 0 Å². The van der Waals surface area contributed by atoms with Gasteiger partial charge in [-0.1, -0.05) is 5.16 Å². The van der Waals surface area contributed by atoms with E-state index in [4.69, 9.17) is 5.73 Å². The molecule has 14 heteroatoms. The number of ether oxygens (including phenoxy) is 1. The zero-order chi connectivity index (χ0) is 23.0. The molecule has 0 spiro atoms. The molecular weight excluding hydrogens is 441 g/mol. The van der Waals surface area contributed by atoms with Gasteiger partial charge >= 0.3 is 12.5 Å². The number of alkyl halides is 6. The molecule has 0 aliphatic carbocycles. The highest BCUT2D eigenvalue weighted by Crippen LogP contribution is 2.37. The van der Waals surface area contributed by atoms with E-state index in [1.54, 1.807) is 0 Å². The van der Waals surface area contributed by atoms with Gasteiger partial charge in [0, 0.05) is 11.1 Å². The summed E-state index contributed by atoms with van der Waals surface area (Å²) < 4.78 is 97.8. The minimum Gasteiger partial charge on any atom is -0.405 e. The lowest BCUT2D eigenvalue weighted by Gasteiger charge is -2.15. The van der Waals surface area contributed by atoms with E-state index in [9.17, 15) is 35.5 Å². The number of nitrogen functional groups attached to an aromatic ring is 1. The van der Waals surface area contributed by atoms with Crippen LogP contribution < -0.4 is 15.8 Å². The second-order valence-corrected chi connectivity index (χ2v) is 5.85. The monoisotopic (exact) mass is 450 g/mol. The van der Waals surface area contributed by atoms with Gasteiger partial charge in [0.2, 0.25) is 0 Å². The number of aromatic nitrogens is 2. The molecule has 1 aromatic carbocycles. The van der Waals surface area contributed by atoms with Crippen molar-refractivity contribution in [1.29, 1.82) is 0 Å². The Balaban J connectivity index is 1.91. The molecule has 0 unspecified atom stereocenters. The lowest BCUT2D eigenvalue weighted by atomic mass is 10.1. The molecule has 1 amide bonds. The Morgan fingerprint density at radius 3 is 2.39 bits per heavy atom. The van der Waals surface area contributed by atoms with Crippen molar-refractivity contribution >= 4 is 17.5 Å². The summed E-state index contributed by atoms with van der Waals surface area (Å²) >= 11 is 0. The quantitative estimate of drug-likeness (QED) is 0.562. The first-order chi connectivity index (χ1) is 14.3. The van der Waals surface area contributed by atoms with Gasteiger partial charge in [0.15, 0.2) is 5.69 Å². The smallest absolute Gasteiger partial charge is 0.405 e. The molecule has 0 fully saturated rings. The van der Waals surface area contributed by atoms with E-state index in [2.05, 4.69) is 19.4 Å². The molecule has 0 saturated carbocycles. The van der Waals surface area contributed by atoms with Gasteiger partial charge in [-0.25, -0.2) is 9.37 Å². The summed E-state index contributed by atoms with van der Waals surface area (Å²) in [4.78, 5) is 15.8. The number of halogens is 7. The van der Waals surface area contributed by atoms with Crippen LogP contribution in [0.3, 0.4) is 0 Å². The zero-order valence-corrected chi connectivity index (χ0v) is 14.8. The van der Waals surface area contributed by atoms with E-state index in [1.807, 2.05) is 5.32 Å². The summed E-state index contributed by atoms with van der Waals surface area (Å²) in [6.07, 6.45) is -9.55. The van der Waals surface area contributed by atoms with E-state index < -0.39 is 52.7 Å².